The lowest BCUT2D eigenvalue weighted by atomic mass is 10.2. The number of carbonyl (C=O) groups excluding carboxylic acids is 2. The van der Waals surface area contributed by atoms with Gasteiger partial charge in [0, 0.05) is 0 Å². The number of carboxylic acids is 2. The van der Waals surface area contributed by atoms with Crippen LogP contribution >= 0.6 is 0 Å². The van der Waals surface area contributed by atoms with Gasteiger partial charge < -0.3 is 19.8 Å². The van der Waals surface area contributed by atoms with Gasteiger partial charge in [0.25, 0.3) is 0 Å². The molecule has 1 aromatic carbocycles. The maximum absolute atomic E-state index is 9.41. The Morgan fingerprint density at radius 3 is 1.69 bits per heavy atom. The van der Waals surface area contributed by atoms with E-state index in [1.54, 1.807) is 0 Å². The van der Waals surface area contributed by atoms with Crippen LogP contribution in [-0.4, -0.2) is 11.9 Å². The van der Waals surface area contributed by atoms with E-state index in [4.69, 9.17) is 0 Å². The van der Waals surface area contributed by atoms with Crippen LogP contribution in [0.5, 0.6) is 0 Å². The van der Waals surface area contributed by atoms with Crippen molar-refractivity contribution in [2.24, 2.45) is 0 Å². The van der Waals surface area contributed by atoms with Crippen molar-refractivity contribution < 1.29 is 19.8 Å². The zero-order valence-corrected chi connectivity index (χ0v) is 8.46. The largest absolute Gasteiger partial charge is 0.545 e. The molecule has 0 radical (unpaired) electrons. The first-order chi connectivity index (χ1) is 7.56. The van der Waals surface area contributed by atoms with Crippen LogP contribution in [0.25, 0.3) is 6.08 Å². The fourth-order valence-corrected chi connectivity index (χ4v) is 0.725. The van der Waals surface area contributed by atoms with Crippen LogP contribution in [-0.2, 0) is 9.59 Å². The summed E-state index contributed by atoms with van der Waals surface area (Å²) in [6, 6.07) is 10.0. The molecule has 4 heteroatoms. The van der Waals surface area contributed by atoms with Crippen LogP contribution in [0.2, 0.25) is 0 Å². The third kappa shape index (κ3) is 8.25. The fraction of sp³-hybridized carbons (Fsp3) is 0. The number of hydrogen-bond acceptors (Lipinski definition) is 4. The Labute approximate surface area is 93.2 Å². The van der Waals surface area contributed by atoms with Gasteiger partial charge in [-0.15, -0.1) is 0 Å². The minimum Gasteiger partial charge on any atom is -0.545 e. The molecule has 16 heavy (non-hydrogen) atoms. The van der Waals surface area contributed by atoms with Gasteiger partial charge in [0.1, 0.15) is 0 Å². The Kier molecular flexibility index (Phi) is 6.81. The quantitative estimate of drug-likeness (QED) is 0.633. The average molecular weight is 218 g/mol. The molecule has 0 fully saturated rings. The summed E-state index contributed by atoms with van der Waals surface area (Å²) in [5.74, 6) is -3.09. The molecule has 0 bridgehead atoms. The third-order valence-corrected chi connectivity index (χ3v) is 1.39. The van der Waals surface area contributed by atoms with Gasteiger partial charge in [-0.05, 0) is 17.7 Å². The first-order valence-electron chi connectivity index (χ1n) is 4.33. The molecule has 1 rings (SSSR count). The van der Waals surface area contributed by atoms with Gasteiger partial charge in [0.15, 0.2) is 0 Å². The van der Waals surface area contributed by atoms with Gasteiger partial charge >= 0.3 is 0 Å². The summed E-state index contributed by atoms with van der Waals surface area (Å²) in [4.78, 5) is 18.8. The summed E-state index contributed by atoms with van der Waals surface area (Å²) in [5, 5.41) is 18.8. The van der Waals surface area contributed by atoms with E-state index in [-0.39, 0.29) is 0 Å². The van der Waals surface area contributed by atoms with E-state index < -0.39 is 11.9 Å². The number of hydrogen-bond donors (Lipinski definition) is 0. The summed E-state index contributed by atoms with van der Waals surface area (Å²) >= 11 is 0. The Morgan fingerprint density at radius 1 is 1.00 bits per heavy atom. The highest BCUT2D eigenvalue weighted by molar-refractivity contribution is 5.87. The van der Waals surface area contributed by atoms with Crippen LogP contribution in [0, 0.1) is 0 Å². The Hall–Kier alpha value is -2.36. The van der Waals surface area contributed by atoms with E-state index >= 15 is 0 Å². The van der Waals surface area contributed by atoms with Crippen molar-refractivity contribution in [1.82, 2.24) is 0 Å². The first-order valence-corrected chi connectivity index (χ1v) is 4.33. The highest BCUT2D eigenvalue weighted by atomic mass is 16.4. The maximum Gasteiger partial charge on any atom is 0.0643 e. The topological polar surface area (TPSA) is 80.3 Å². The van der Waals surface area contributed by atoms with Crippen LogP contribution in [0.3, 0.4) is 0 Å². The summed E-state index contributed by atoms with van der Waals surface area (Å²) in [5.41, 5.74) is 1.17. The van der Waals surface area contributed by atoms with E-state index in [0.717, 1.165) is 0 Å². The second kappa shape index (κ2) is 7.99. The highest BCUT2D eigenvalue weighted by Gasteiger charge is 1.75. The lowest BCUT2D eigenvalue weighted by Gasteiger charge is -1.90. The monoisotopic (exact) mass is 218 g/mol. The molecule has 0 heterocycles. The van der Waals surface area contributed by atoms with Crippen LogP contribution in [0.4, 0.5) is 0 Å². The number of carboxylic acid groups (broad SMARTS) is 2. The second-order valence-electron chi connectivity index (χ2n) is 2.59. The molecule has 0 atom stereocenters. The summed E-state index contributed by atoms with van der Waals surface area (Å²) in [6.45, 7) is 3.63. The van der Waals surface area contributed by atoms with Crippen molar-refractivity contribution in [2.75, 3.05) is 0 Å². The minimum absolute atomic E-state index is 0.384. The lowest BCUT2D eigenvalue weighted by molar-refractivity contribution is -0.301. The highest BCUT2D eigenvalue weighted by Crippen LogP contribution is 1.97. The summed E-state index contributed by atoms with van der Waals surface area (Å²) in [6.07, 6.45) is 2.60. The molecule has 0 unspecified atom stereocenters. The van der Waals surface area contributed by atoms with Gasteiger partial charge in [0.05, 0.1) is 11.9 Å². The van der Waals surface area contributed by atoms with Crippen molar-refractivity contribution in [1.29, 1.82) is 0 Å². The molecule has 0 saturated carbocycles. The van der Waals surface area contributed by atoms with E-state index in [9.17, 15) is 19.8 Å². The SMILES string of the molecule is C=Cc1ccccc1.O=C([O-])/C=C\C(=O)[O-]. The molecule has 84 valence electrons. The molecule has 0 aliphatic carbocycles. The Morgan fingerprint density at radius 2 is 1.44 bits per heavy atom. The number of carbonyl (C=O) groups is 2. The zero-order chi connectivity index (χ0) is 12.4. The van der Waals surface area contributed by atoms with Gasteiger partial charge in [0.2, 0.25) is 0 Å². The Bertz CT molecular complexity index is 363. The normalized spacial score (nSPS) is 9.00. The van der Waals surface area contributed by atoms with Crippen LogP contribution < -0.4 is 10.2 Å². The van der Waals surface area contributed by atoms with Crippen molar-refractivity contribution in [3.05, 3.63) is 54.6 Å². The van der Waals surface area contributed by atoms with Crippen LogP contribution in [0.1, 0.15) is 5.56 Å². The Balaban J connectivity index is 0.000000281. The predicted molar refractivity (Wildman–Crippen MR) is 55.7 cm³/mol. The summed E-state index contributed by atoms with van der Waals surface area (Å²) < 4.78 is 0. The molecule has 0 saturated heterocycles. The van der Waals surface area contributed by atoms with Gasteiger partial charge in [-0.2, -0.15) is 0 Å². The molecule has 4 nitrogen and oxygen atoms in total. The minimum atomic E-state index is -1.55. The molecule has 0 aliphatic heterocycles. The molecular formula is C12H10O4-2. The van der Waals surface area contributed by atoms with Gasteiger partial charge in [-0.25, -0.2) is 0 Å². The van der Waals surface area contributed by atoms with Crippen molar-refractivity contribution in [2.45, 2.75) is 0 Å². The number of benzene rings is 1. The molecule has 1 aromatic rings. The molecule has 0 amide bonds. The fourth-order valence-electron chi connectivity index (χ4n) is 0.725. The molecule has 0 N–H and O–H groups in total. The van der Waals surface area contributed by atoms with E-state index in [1.807, 2.05) is 36.4 Å². The van der Waals surface area contributed by atoms with Crippen molar-refractivity contribution in [3.8, 4) is 0 Å². The maximum atomic E-state index is 9.41. The standard InChI is InChI=1S/C8H8.C4H4O4/c1-2-8-6-4-3-5-7-8;5-3(6)1-2-4(7)8/h2-7H,1H2;1-2H,(H,5,6)(H,7,8)/p-2/b;2-1-. The molecule has 0 aromatic heterocycles. The predicted octanol–water partition coefficient (Wildman–Crippen LogP) is -0.628. The van der Waals surface area contributed by atoms with Crippen molar-refractivity contribution in [3.63, 3.8) is 0 Å². The van der Waals surface area contributed by atoms with Gasteiger partial charge in [-0.1, -0.05) is 43.0 Å². The van der Waals surface area contributed by atoms with E-state index in [2.05, 4.69) is 6.58 Å². The number of aliphatic carboxylic acids is 2. The molecule has 0 spiro atoms. The third-order valence-electron chi connectivity index (χ3n) is 1.39. The van der Waals surface area contributed by atoms with E-state index in [0.29, 0.717) is 12.2 Å². The summed E-state index contributed by atoms with van der Waals surface area (Å²) in [7, 11) is 0. The number of rotatable bonds is 3. The van der Waals surface area contributed by atoms with E-state index in [1.165, 1.54) is 5.56 Å². The first kappa shape index (κ1) is 13.6. The molecular weight excluding hydrogens is 208 g/mol. The van der Waals surface area contributed by atoms with Gasteiger partial charge in [-0.3, -0.25) is 0 Å². The molecule has 0 aliphatic rings. The average Bonchev–Trinajstić information content (AvgIpc) is 2.28. The van der Waals surface area contributed by atoms with Crippen LogP contribution in [0.15, 0.2) is 49.1 Å². The zero-order valence-electron chi connectivity index (χ0n) is 8.46. The second-order valence-corrected chi connectivity index (χ2v) is 2.59. The van der Waals surface area contributed by atoms with Crippen molar-refractivity contribution >= 4 is 18.0 Å². The lowest BCUT2D eigenvalue weighted by Crippen LogP contribution is -2.23. The smallest absolute Gasteiger partial charge is 0.0643 e.